The summed E-state index contributed by atoms with van der Waals surface area (Å²) in [6.45, 7) is 1.99. The van der Waals surface area contributed by atoms with Gasteiger partial charge in [0.15, 0.2) is 11.4 Å². The van der Waals surface area contributed by atoms with E-state index in [1.54, 1.807) is 0 Å². The third-order valence-corrected chi connectivity index (χ3v) is 2.41. The monoisotopic (exact) mass is 232 g/mol. The molecule has 0 saturated carbocycles. The van der Waals surface area contributed by atoms with E-state index in [2.05, 4.69) is 0 Å². The molecule has 2 nitrogen and oxygen atoms in total. The summed E-state index contributed by atoms with van der Waals surface area (Å²) in [5.41, 5.74) is -2.88. The van der Waals surface area contributed by atoms with Gasteiger partial charge in [-0.15, -0.1) is 0 Å². The highest BCUT2D eigenvalue weighted by Crippen LogP contribution is 2.38. The van der Waals surface area contributed by atoms with Gasteiger partial charge < -0.3 is 5.11 Å². The predicted octanol–water partition coefficient (Wildman–Crippen LogP) is 2.66. The van der Waals surface area contributed by atoms with Crippen LogP contribution in [-0.4, -0.2) is 17.1 Å². The minimum atomic E-state index is -4.75. The lowest BCUT2D eigenvalue weighted by Gasteiger charge is -2.26. The van der Waals surface area contributed by atoms with Gasteiger partial charge >= 0.3 is 6.18 Å². The highest BCUT2D eigenvalue weighted by molar-refractivity contribution is 5.94. The van der Waals surface area contributed by atoms with Gasteiger partial charge in [-0.05, 0) is 19.4 Å². The Kier molecular flexibility index (Phi) is 3.10. The van der Waals surface area contributed by atoms with E-state index >= 15 is 0 Å². The zero-order valence-electron chi connectivity index (χ0n) is 8.80. The third kappa shape index (κ3) is 2.24. The molecule has 0 aromatic heterocycles. The molecule has 0 aliphatic carbocycles. The first-order chi connectivity index (χ1) is 7.16. The summed E-state index contributed by atoms with van der Waals surface area (Å²) in [6, 6.07) is 4.73. The van der Waals surface area contributed by atoms with E-state index in [4.69, 9.17) is 0 Å². The number of Topliss-reactive ketones (excluding diaryl/α,β-unsaturated/α-hetero) is 1. The highest BCUT2D eigenvalue weighted by Gasteiger charge is 2.51. The summed E-state index contributed by atoms with van der Waals surface area (Å²) in [4.78, 5) is 10.9. The van der Waals surface area contributed by atoms with Crippen LogP contribution in [0.15, 0.2) is 24.3 Å². The fraction of sp³-hybridized carbons (Fsp3) is 0.364. The topological polar surface area (TPSA) is 37.3 Å². The normalized spacial score (nSPS) is 15.6. The van der Waals surface area contributed by atoms with Crippen LogP contribution in [0.3, 0.4) is 0 Å². The first-order valence-electron chi connectivity index (χ1n) is 4.57. The van der Waals surface area contributed by atoms with E-state index in [1.807, 2.05) is 0 Å². The molecular formula is C11H11F3O2. The van der Waals surface area contributed by atoms with Crippen molar-refractivity contribution in [2.45, 2.75) is 25.6 Å². The number of ketones is 1. The largest absolute Gasteiger partial charge is 0.421 e. The minimum Gasteiger partial charge on any atom is -0.376 e. The second-order valence-corrected chi connectivity index (χ2v) is 3.70. The number of aliphatic hydroxyl groups is 1. The molecule has 5 heteroatoms. The number of alkyl halides is 3. The molecule has 0 fully saturated rings. The quantitative estimate of drug-likeness (QED) is 0.796. The van der Waals surface area contributed by atoms with Crippen molar-refractivity contribution in [3.8, 4) is 0 Å². The van der Waals surface area contributed by atoms with Crippen LogP contribution < -0.4 is 0 Å². The molecule has 1 aromatic rings. The lowest BCUT2D eigenvalue weighted by Crippen LogP contribution is -2.39. The van der Waals surface area contributed by atoms with Gasteiger partial charge in [0.1, 0.15) is 0 Å². The number of carbonyl (C=O) groups excluding carboxylic acids is 1. The van der Waals surface area contributed by atoms with Gasteiger partial charge in [-0.3, -0.25) is 4.79 Å². The van der Waals surface area contributed by atoms with Crippen LogP contribution in [0.1, 0.15) is 29.8 Å². The Morgan fingerprint density at radius 1 is 1.19 bits per heavy atom. The number of hydrogen-bond acceptors (Lipinski definition) is 2. The van der Waals surface area contributed by atoms with Crippen molar-refractivity contribution in [3.05, 3.63) is 35.4 Å². The Labute approximate surface area is 90.7 Å². The molecule has 0 bridgehead atoms. The second-order valence-electron chi connectivity index (χ2n) is 3.70. The minimum absolute atomic E-state index is 0.238. The molecular weight excluding hydrogens is 221 g/mol. The van der Waals surface area contributed by atoms with Gasteiger partial charge in [0.25, 0.3) is 0 Å². The number of hydrogen-bond donors (Lipinski definition) is 1. The molecule has 1 N–H and O–H groups in total. The number of rotatable bonds is 2. The first kappa shape index (κ1) is 12.7. The summed E-state index contributed by atoms with van der Waals surface area (Å²) in [7, 11) is 0. The van der Waals surface area contributed by atoms with Gasteiger partial charge in [-0.1, -0.05) is 24.3 Å². The van der Waals surface area contributed by atoms with Gasteiger partial charge in [-0.2, -0.15) is 13.2 Å². The average Bonchev–Trinajstić information content (AvgIpc) is 2.16. The molecule has 1 atom stereocenters. The van der Waals surface area contributed by atoms with Crippen LogP contribution in [0.4, 0.5) is 13.2 Å². The zero-order chi connectivity index (χ0) is 12.6. The number of carbonyl (C=O) groups is 1. The highest BCUT2D eigenvalue weighted by atomic mass is 19.4. The SMILES string of the molecule is CC(=O)c1ccc([C@](C)(O)C(F)(F)F)cc1. The molecule has 0 spiro atoms. The maximum atomic E-state index is 12.5. The van der Waals surface area contributed by atoms with Crippen LogP contribution >= 0.6 is 0 Å². The maximum Gasteiger partial charge on any atom is 0.421 e. The smallest absolute Gasteiger partial charge is 0.376 e. The Morgan fingerprint density at radius 2 is 1.62 bits per heavy atom. The molecule has 1 rings (SSSR count). The summed E-state index contributed by atoms with van der Waals surface area (Å²) in [5.74, 6) is -0.238. The summed E-state index contributed by atoms with van der Waals surface area (Å²) < 4.78 is 37.4. The molecule has 0 amide bonds. The Morgan fingerprint density at radius 3 is 1.94 bits per heavy atom. The predicted molar refractivity (Wildman–Crippen MR) is 52.1 cm³/mol. The average molecular weight is 232 g/mol. The molecule has 1 aromatic carbocycles. The first-order valence-corrected chi connectivity index (χ1v) is 4.57. The lowest BCUT2D eigenvalue weighted by atomic mass is 9.94. The van der Waals surface area contributed by atoms with E-state index < -0.39 is 11.8 Å². The van der Waals surface area contributed by atoms with E-state index in [9.17, 15) is 23.1 Å². The molecule has 16 heavy (non-hydrogen) atoms. The lowest BCUT2D eigenvalue weighted by molar-refractivity contribution is -0.258. The molecule has 0 heterocycles. The molecule has 0 radical (unpaired) electrons. The molecule has 88 valence electrons. The maximum absolute atomic E-state index is 12.5. The third-order valence-electron chi connectivity index (χ3n) is 2.41. The van der Waals surface area contributed by atoms with Crippen molar-refractivity contribution in [2.24, 2.45) is 0 Å². The van der Waals surface area contributed by atoms with Crippen LogP contribution in [0.25, 0.3) is 0 Å². The molecule has 0 unspecified atom stereocenters. The standard InChI is InChI=1S/C11H11F3O2/c1-7(15)8-3-5-9(6-4-8)10(2,16)11(12,13)14/h3-6,16H,1-2H3/t10-/m0/s1. The number of benzene rings is 1. The summed E-state index contributed by atoms with van der Waals surface area (Å²) in [6.07, 6.45) is -4.75. The Balaban J connectivity index is 3.11. The van der Waals surface area contributed by atoms with Crippen molar-refractivity contribution >= 4 is 5.78 Å². The van der Waals surface area contributed by atoms with E-state index in [0.717, 1.165) is 12.1 Å². The summed E-state index contributed by atoms with van der Waals surface area (Å²) >= 11 is 0. The van der Waals surface area contributed by atoms with E-state index in [-0.39, 0.29) is 11.3 Å². The van der Waals surface area contributed by atoms with Crippen LogP contribution in [0.5, 0.6) is 0 Å². The van der Waals surface area contributed by atoms with Crippen molar-refractivity contribution in [1.29, 1.82) is 0 Å². The fourth-order valence-corrected chi connectivity index (χ4v) is 1.19. The van der Waals surface area contributed by atoms with Gasteiger partial charge in [0.2, 0.25) is 0 Å². The molecule has 0 saturated heterocycles. The Bertz CT molecular complexity index is 391. The van der Waals surface area contributed by atoms with Crippen LogP contribution in [0, 0.1) is 0 Å². The van der Waals surface area contributed by atoms with Gasteiger partial charge in [-0.25, -0.2) is 0 Å². The summed E-state index contributed by atoms with van der Waals surface area (Å²) in [5, 5.41) is 9.34. The van der Waals surface area contributed by atoms with Crippen molar-refractivity contribution in [1.82, 2.24) is 0 Å². The van der Waals surface area contributed by atoms with Crippen molar-refractivity contribution in [2.75, 3.05) is 0 Å². The van der Waals surface area contributed by atoms with Crippen LogP contribution in [0.2, 0.25) is 0 Å². The zero-order valence-corrected chi connectivity index (χ0v) is 8.80. The Hall–Kier alpha value is -1.36. The molecule has 0 aliphatic heterocycles. The van der Waals surface area contributed by atoms with E-state index in [1.165, 1.54) is 19.1 Å². The number of halogens is 3. The molecule has 0 aliphatic rings. The van der Waals surface area contributed by atoms with E-state index in [0.29, 0.717) is 12.5 Å². The van der Waals surface area contributed by atoms with Crippen molar-refractivity contribution < 1.29 is 23.1 Å². The van der Waals surface area contributed by atoms with Crippen LogP contribution in [-0.2, 0) is 5.60 Å². The fourth-order valence-electron chi connectivity index (χ4n) is 1.19. The second kappa shape index (κ2) is 3.90. The van der Waals surface area contributed by atoms with Gasteiger partial charge in [0.05, 0.1) is 0 Å². The van der Waals surface area contributed by atoms with Crippen molar-refractivity contribution in [3.63, 3.8) is 0 Å². The van der Waals surface area contributed by atoms with Gasteiger partial charge in [0, 0.05) is 5.56 Å².